The van der Waals surface area contributed by atoms with Crippen LogP contribution >= 0.6 is 0 Å². The maximum atomic E-state index is 11.6. The molecular weight excluding hydrogens is 262 g/mol. The molecule has 0 aliphatic heterocycles. The zero-order valence-corrected chi connectivity index (χ0v) is 11.0. The molecule has 0 bridgehead atoms. The minimum absolute atomic E-state index is 0.0302. The highest BCUT2D eigenvalue weighted by Crippen LogP contribution is 2.26. The smallest absolute Gasteiger partial charge is 0.376 e. The number of ether oxygens (including phenoxy) is 1. The lowest BCUT2D eigenvalue weighted by atomic mass is 10.1. The third-order valence-electron chi connectivity index (χ3n) is 2.66. The molecule has 104 valence electrons. The van der Waals surface area contributed by atoms with Crippen molar-refractivity contribution in [3.05, 3.63) is 35.2 Å². The highest BCUT2D eigenvalue weighted by Gasteiger charge is 2.19. The number of oxazole rings is 1. The fourth-order valence-corrected chi connectivity index (χ4v) is 1.69. The summed E-state index contributed by atoms with van der Waals surface area (Å²) in [6, 6.07) is 4.34. The highest BCUT2D eigenvalue weighted by atomic mass is 16.5. The van der Waals surface area contributed by atoms with E-state index in [-0.39, 0.29) is 29.6 Å². The van der Waals surface area contributed by atoms with Crippen molar-refractivity contribution in [2.45, 2.75) is 13.8 Å². The maximum absolute atomic E-state index is 11.6. The van der Waals surface area contributed by atoms with Gasteiger partial charge in [0.25, 0.3) is 0 Å². The molecule has 0 saturated heterocycles. The van der Waals surface area contributed by atoms with Crippen molar-refractivity contribution in [1.82, 2.24) is 4.98 Å². The van der Waals surface area contributed by atoms with Crippen molar-refractivity contribution < 1.29 is 23.8 Å². The van der Waals surface area contributed by atoms with Gasteiger partial charge in [-0.3, -0.25) is 4.79 Å². The van der Waals surface area contributed by atoms with Crippen LogP contribution in [-0.2, 0) is 4.74 Å². The number of aromatic hydroxyl groups is 1. The van der Waals surface area contributed by atoms with Crippen LogP contribution in [0.4, 0.5) is 0 Å². The standard InChI is InChI=1S/C14H13NO5/c1-3-19-14(18)12-8(2)15-13(20-12)9-4-5-11(17)10(6-9)7-16/h4-7,17H,3H2,1-2H3. The van der Waals surface area contributed by atoms with Crippen molar-refractivity contribution in [2.75, 3.05) is 6.61 Å². The second-order valence-electron chi connectivity index (χ2n) is 4.05. The van der Waals surface area contributed by atoms with E-state index in [1.165, 1.54) is 12.1 Å². The van der Waals surface area contributed by atoms with Gasteiger partial charge in [-0.15, -0.1) is 0 Å². The number of phenols is 1. The van der Waals surface area contributed by atoms with Gasteiger partial charge in [0, 0.05) is 5.56 Å². The van der Waals surface area contributed by atoms with Gasteiger partial charge in [-0.1, -0.05) is 0 Å². The second-order valence-corrected chi connectivity index (χ2v) is 4.05. The van der Waals surface area contributed by atoms with Crippen LogP contribution in [-0.4, -0.2) is 29.0 Å². The van der Waals surface area contributed by atoms with Crippen LogP contribution in [0.2, 0.25) is 0 Å². The van der Waals surface area contributed by atoms with Gasteiger partial charge in [0.1, 0.15) is 5.75 Å². The molecule has 20 heavy (non-hydrogen) atoms. The van der Waals surface area contributed by atoms with Crippen LogP contribution in [0.25, 0.3) is 11.5 Å². The quantitative estimate of drug-likeness (QED) is 0.680. The molecular formula is C14H13NO5. The van der Waals surface area contributed by atoms with Crippen molar-refractivity contribution in [3.63, 3.8) is 0 Å². The number of hydrogen-bond acceptors (Lipinski definition) is 6. The lowest BCUT2D eigenvalue weighted by Gasteiger charge is -2.00. The molecule has 1 heterocycles. The number of hydrogen-bond donors (Lipinski definition) is 1. The van der Waals surface area contributed by atoms with Crippen LogP contribution in [0.15, 0.2) is 22.6 Å². The molecule has 6 nitrogen and oxygen atoms in total. The molecule has 1 aromatic carbocycles. The van der Waals surface area contributed by atoms with Crippen molar-refractivity contribution in [2.24, 2.45) is 0 Å². The van der Waals surface area contributed by atoms with E-state index in [4.69, 9.17) is 9.15 Å². The SMILES string of the molecule is CCOC(=O)c1oc(-c2ccc(O)c(C=O)c2)nc1C. The fourth-order valence-electron chi connectivity index (χ4n) is 1.69. The largest absolute Gasteiger partial charge is 0.507 e. The summed E-state index contributed by atoms with van der Waals surface area (Å²) in [6.45, 7) is 3.56. The lowest BCUT2D eigenvalue weighted by Crippen LogP contribution is -2.04. The Morgan fingerprint density at radius 3 is 2.90 bits per heavy atom. The van der Waals surface area contributed by atoms with Gasteiger partial charge >= 0.3 is 5.97 Å². The van der Waals surface area contributed by atoms with Crippen LogP contribution < -0.4 is 0 Å². The van der Waals surface area contributed by atoms with E-state index in [0.717, 1.165) is 0 Å². The fraction of sp³-hybridized carbons (Fsp3) is 0.214. The number of aryl methyl sites for hydroxylation is 1. The van der Waals surface area contributed by atoms with E-state index in [9.17, 15) is 14.7 Å². The van der Waals surface area contributed by atoms with E-state index in [0.29, 0.717) is 17.5 Å². The summed E-state index contributed by atoms with van der Waals surface area (Å²) in [6.07, 6.45) is 0.529. The highest BCUT2D eigenvalue weighted by molar-refractivity contribution is 5.88. The molecule has 0 amide bonds. The predicted octanol–water partition coefficient (Wildman–Crippen LogP) is 2.34. The Bertz CT molecular complexity index is 660. The molecule has 2 aromatic rings. The van der Waals surface area contributed by atoms with E-state index >= 15 is 0 Å². The Balaban J connectivity index is 2.41. The number of aromatic nitrogens is 1. The topological polar surface area (TPSA) is 89.6 Å². The van der Waals surface area contributed by atoms with Crippen LogP contribution in [0.5, 0.6) is 5.75 Å². The Morgan fingerprint density at radius 2 is 2.25 bits per heavy atom. The lowest BCUT2D eigenvalue weighted by molar-refractivity contribution is 0.0490. The second kappa shape index (κ2) is 5.56. The van der Waals surface area contributed by atoms with Gasteiger partial charge in [0.15, 0.2) is 6.29 Å². The van der Waals surface area contributed by atoms with Gasteiger partial charge in [-0.25, -0.2) is 9.78 Å². The molecule has 0 saturated carbocycles. The number of carbonyl (C=O) groups is 2. The van der Waals surface area contributed by atoms with Crippen LogP contribution in [0.3, 0.4) is 0 Å². The Morgan fingerprint density at radius 1 is 1.50 bits per heavy atom. The molecule has 0 fully saturated rings. The minimum Gasteiger partial charge on any atom is -0.507 e. The summed E-state index contributed by atoms with van der Waals surface area (Å²) >= 11 is 0. The molecule has 0 atom stereocenters. The normalized spacial score (nSPS) is 10.3. The van der Waals surface area contributed by atoms with Crippen LogP contribution in [0, 0.1) is 6.92 Å². The average molecular weight is 275 g/mol. The van der Waals surface area contributed by atoms with Gasteiger partial charge in [-0.05, 0) is 32.0 Å². The Kier molecular flexibility index (Phi) is 3.84. The van der Waals surface area contributed by atoms with Crippen molar-refractivity contribution in [1.29, 1.82) is 0 Å². The third-order valence-corrected chi connectivity index (χ3v) is 2.66. The summed E-state index contributed by atoms with van der Waals surface area (Å²) < 4.78 is 10.2. The monoisotopic (exact) mass is 275 g/mol. The summed E-state index contributed by atoms with van der Waals surface area (Å²) in [4.78, 5) is 26.6. The third kappa shape index (κ3) is 2.54. The van der Waals surface area contributed by atoms with Gasteiger partial charge in [0.05, 0.1) is 17.9 Å². The van der Waals surface area contributed by atoms with Crippen molar-refractivity contribution >= 4 is 12.3 Å². The molecule has 1 aromatic heterocycles. The first-order valence-electron chi connectivity index (χ1n) is 6.00. The number of carbonyl (C=O) groups excluding carboxylic acids is 2. The summed E-state index contributed by atoms with van der Waals surface area (Å²) in [5.41, 5.74) is 1.01. The molecule has 0 aliphatic carbocycles. The summed E-state index contributed by atoms with van der Waals surface area (Å²) in [5, 5.41) is 9.44. The summed E-state index contributed by atoms with van der Waals surface area (Å²) in [7, 11) is 0. The molecule has 0 aliphatic rings. The zero-order chi connectivity index (χ0) is 14.7. The molecule has 2 rings (SSSR count). The maximum Gasteiger partial charge on any atom is 0.376 e. The Hall–Kier alpha value is -2.63. The van der Waals surface area contributed by atoms with Gasteiger partial charge in [0.2, 0.25) is 11.7 Å². The molecule has 6 heteroatoms. The van der Waals surface area contributed by atoms with E-state index in [2.05, 4.69) is 4.98 Å². The number of rotatable bonds is 4. The van der Waals surface area contributed by atoms with Crippen LogP contribution in [0.1, 0.15) is 33.5 Å². The number of nitrogens with zero attached hydrogens (tertiary/aromatic N) is 1. The number of aldehydes is 1. The summed E-state index contributed by atoms with van der Waals surface area (Å²) in [5.74, 6) is -0.494. The van der Waals surface area contributed by atoms with Gasteiger partial charge < -0.3 is 14.3 Å². The predicted molar refractivity (Wildman–Crippen MR) is 69.7 cm³/mol. The first-order chi connectivity index (χ1) is 9.56. The molecule has 0 radical (unpaired) electrons. The number of phenolic OH excluding ortho intramolecular Hbond substituents is 1. The van der Waals surface area contributed by atoms with Gasteiger partial charge in [-0.2, -0.15) is 0 Å². The minimum atomic E-state index is -0.585. The average Bonchev–Trinajstić information content (AvgIpc) is 2.82. The number of benzene rings is 1. The van der Waals surface area contributed by atoms with E-state index in [1.807, 2.05) is 0 Å². The molecule has 0 unspecified atom stereocenters. The van der Waals surface area contributed by atoms with E-state index in [1.54, 1.807) is 19.9 Å². The van der Waals surface area contributed by atoms with E-state index < -0.39 is 5.97 Å². The number of esters is 1. The first-order valence-corrected chi connectivity index (χ1v) is 6.00. The zero-order valence-electron chi connectivity index (χ0n) is 11.0. The Labute approximate surface area is 115 Å². The van der Waals surface area contributed by atoms with Crippen molar-refractivity contribution in [3.8, 4) is 17.2 Å². The molecule has 1 N–H and O–H groups in total. The molecule has 0 spiro atoms. The first kappa shape index (κ1) is 13.8.